The number of primary amides is 1. The lowest BCUT2D eigenvalue weighted by molar-refractivity contribution is -0.402. The summed E-state index contributed by atoms with van der Waals surface area (Å²) in [7, 11) is 0. The number of carbonyl (C=O) groups is 2. The molecule has 0 bridgehead atoms. The van der Waals surface area contributed by atoms with Gasteiger partial charge in [-0.15, -0.1) is 0 Å². The Balaban J connectivity index is 2.82. The largest absolute Gasteiger partial charge is 0.433 e. The minimum absolute atomic E-state index is 0.00640. The summed E-state index contributed by atoms with van der Waals surface area (Å²) in [4.78, 5) is 31.6. The van der Waals surface area contributed by atoms with Gasteiger partial charge in [-0.1, -0.05) is 0 Å². The Kier molecular flexibility index (Phi) is 4.71. The fraction of sp³-hybridized carbons (Fsp3) is 0.222. The number of carbonyl (C=O) groups excluding carboxylic acids is 2. The van der Waals surface area contributed by atoms with E-state index >= 15 is 0 Å². The molecule has 0 saturated heterocycles. The topological polar surface area (TPSA) is 152 Å². The molecule has 0 spiro atoms. The van der Waals surface area contributed by atoms with Gasteiger partial charge in [0.2, 0.25) is 0 Å². The summed E-state index contributed by atoms with van der Waals surface area (Å²) in [5, 5.41) is 23.3. The normalized spacial score (nSPS) is 10.6. The number of aliphatic hydroxyl groups is 1. The quantitative estimate of drug-likeness (QED) is 0.297. The van der Waals surface area contributed by atoms with Gasteiger partial charge in [-0.2, -0.15) is 5.10 Å². The predicted molar refractivity (Wildman–Crippen MR) is 60.9 cm³/mol. The van der Waals surface area contributed by atoms with Crippen LogP contribution in [0.25, 0.3) is 0 Å². The third-order valence-electron chi connectivity index (χ3n) is 1.87. The molecule has 1 aromatic heterocycles. The first-order valence-electron chi connectivity index (χ1n) is 4.96. The van der Waals surface area contributed by atoms with Gasteiger partial charge in [0.05, 0.1) is 25.4 Å². The molecular formula is C9H10N4O6. The van der Waals surface area contributed by atoms with Crippen molar-refractivity contribution in [2.24, 2.45) is 10.8 Å². The van der Waals surface area contributed by atoms with Crippen LogP contribution in [-0.4, -0.2) is 46.2 Å². The van der Waals surface area contributed by atoms with E-state index in [1.165, 1.54) is 6.07 Å². The number of hydrogen-bond acceptors (Lipinski definition) is 7. The zero-order chi connectivity index (χ0) is 14.4. The van der Waals surface area contributed by atoms with Crippen LogP contribution in [0.5, 0.6) is 0 Å². The van der Waals surface area contributed by atoms with Crippen LogP contribution in [0.1, 0.15) is 5.76 Å². The van der Waals surface area contributed by atoms with E-state index in [1.54, 1.807) is 0 Å². The number of nitrogens with zero attached hydrogens (tertiary/aromatic N) is 3. The standard InChI is InChI=1S/C9H10N4O6/c10-8(15)9(16)12(3-4-14)11-5-6-1-2-7(19-6)13(17)18/h1-2,5,14H,3-4H2,(H2,10,15)/b11-5+. The second-order valence-corrected chi connectivity index (χ2v) is 3.19. The summed E-state index contributed by atoms with van der Waals surface area (Å²) in [6, 6.07) is 2.36. The van der Waals surface area contributed by atoms with Crippen molar-refractivity contribution in [1.29, 1.82) is 0 Å². The number of furan rings is 1. The summed E-state index contributed by atoms with van der Waals surface area (Å²) in [6.45, 7) is -0.685. The monoisotopic (exact) mass is 270 g/mol. The Labute approximate surface area is 106 Å². The fourth-order valence-electron chi connectivity index (χ4n) is 1.07. The number of aliphatic hydroxyl groups excluding tert-OH is 1. The molecule has 19 heavy (non-hydrogen) atoms. The van der Waals surface area contributed by atoms with Gasteiger partial charge in [-0.05, 0) is 6.07 Å². The lowest BCUT2D eigenvalue weighted by Gasteiger charge is -2.12. The summed E-state index contributed by atoms with van der Waals surface area (Å²) in [5.74, 6) is -2.84. The first-order valence-corrected chi connectivity index (χ1v) is 4.96. The highest BCUT2D eigenvalue weighted by molar-refractivity contribution is 6.34. The van der Waals surface area contributed by atoms with Gasteiger partial charge in [0.15, 0.2) is 5.76 Å². The number of amides is 2. The van der Waals surface area contributed by atoms with E-state index in [0.717, 1.165) is 12.3 Å². The van der Waals surface area contributed by atoms with Gasteiger partial charge < -0.3 is 15.3 Å². The highest BCUT2D eigenvalue weighted by atomic mass is 16.6. The highest BCUT2D eigenvalue weighted by Gasteiger charge is 2.18. The molecule has 0 aliphatic rings. The highest BCUT2D eigenvalue weighted by Crippen LogP contribution is 2.13. The fourth-order valence-corrected chi connectivity index (χ4v) is 1.07. The summed E-state index contributed by atoms with van der Waals surface area (Å²) < 4.78 is 4.75. The van der Waals surface area contributed by atoms with Crippen molar-refractivity contribution in [3.8, 4) is 0 Å². The van der Waals surface area contributed by atoms with E-state index in [9.17, 15) is 19.7 Å². The van der Waals surface area contributed by atoms with Crippen LogP contribution < -0.4 is 5.73 Å². The molecule has 1 heterocycles. The van der Waals surface area contributed by atoms with Crippen molar-refractivity contribution >= 4 is 23.9 Å². The van der Waals surface area contributed by atoms with Crippen LogP contribution in [0.2, 0.25) is 0 Å². The van der Waals surface area contributed by atoms with E-state index in [2.05, 4.69) is 5.10 Å². The lowest BCUT2D eigenvalue weighted by Crippen LogP contribution is -2.38. The molecule has 1 rings (SSSR count). The van der Waals surface area contributed by atoms with E-state index in [4.69, 9.17) is 15.3 Å². The van der Waals surface area contributed by atoms with Gasteiger partial charge in [-0.25, -0.2) is 5.01 Å². The van der Waals surface area contributed by atoms with Gasteiger partial charge in [-0.3, -0.25) is 19.7 Å². The summed E-state index contributed by atoms with van der Waals surface area (Å²) >= 11 is 0. The molecule has 0 saturated carbocycles. The Morgan fingerprint density at radius 3 is 2.74 bits per heavy atom. The Hall–Kier alpha value is -2.75. The van der Waals surface area contributed by atoms with Crippen molar-refractivity contribution in [3.63, 3.8) is 0 Å². The lowest BCUT2D eigenvalue weighted by atomic mass is 10.5. The van der Waals surface area contributed by atoms with Crippen LogP contribution in [-0.2, 0) is 9.59 Å². The maximum absolute atomic E-state index is 11.3. The van der Waals surface area contributed by atoms with E-state index in [1.807, 2.05) is 0 Å². The Morgan fingerprint density at radius 2 is 2.26 bits per heavy atom. The molecule has 1 aromatic rings. The maximum atomic E-state index is 11.3. The van der Waals surface area contributed by atoms with Crippen molar-refractivity contribution in [2.75, 3.05) is 13.2 Å². The zero-order valence-corrected chi connectivity index (χ0v) is 9.55. The number of nitro groups is 1. The van der Waals surface area contributed by atoms with Crippen molar-refractivity contribution in [2.45, 2.75) is 0 Å². The molecule has 0 aromatic carbocycles. The SMILES string of the molecule is NC(=O)C(=O)N(CCO)/N=C/c1ccc([N+](=O)[O-])o1. The second kappa shape index (κ2) is 6.26. The summed E-state index contributed by atoms with van der Waals surface area (Å²) in [5.41, 5.74) is 4.78. The van der Waals surface area contributed by atoms with E-state index in [-0.39, 0.29) is 12.3 Å². The number of rotatable bonds is 5. The van der Waals surface area contributed by atoms with Crippen molar-refractivity contribution in [1.82, 2.24) is 5.01 Å². The molecule has 0 unspecified atom stereocenters. The molecule has 10 heteroatoms. The van der Waals surface area contributed by atoms with Crippen LogP contribution in [0, 0.1) is 10.1 Å². The summed E-state index contributed by atoms with van der Waals surface area (Å²) in [6.07, 6.45) is 0.990. The first-order chi connectivity index (χ1) is 8.95. The Bertz CT molecular complexity index is 523. The third-order valence-corrected chi connectivity index (χ3v) is 1.87. The average Bonchev–Trinajstić information content (AvgIpc) is 2.82. The maximum Gasteiger partial charge on any atom is 0.433 e. The van der Waals surface area contributed by atoms with Crippen LogP contribution in [0.3, 0.4) is 0 Å². The van der Waals surface area contributed by atoms with Crippen LogP contribution in [0.4, 0.5) is 5.88 Å². The molecule has 102 valence electrons. The molecule has 0 atom stereocenters. The zero-order valence-electron chi connectivity index (χ0n) is 9.55. The second-order valence-electron chi connectivity index (χ2n) is 3.19. The van der Waals surface area contributed by atoms with Gasteiger partial charge in [0.25, 0.3) is 0 Å². The van der Waals surface area contributed by atoms with Crippen molar-refractivity contribution in [3.05, 3.63) is 28.0 Å². The average molecular weight is 270 g/mol. The number of hydrogen-bond donors (Lipinski definition) is 2. The molecule has 0 fully saturated rings. The molecule has 2 amide bonds. The molecule has 3 N–H and O–H groups in total. The predicted octanol–water partition coefficient (Wildman–Crippen LogP) is -1.17. The number of nitrogens with two attached hydrogens (primary N) is 1. The number of hydrazone groups is 1. The molecule has 0 aliphatic heterocycles. The van der Waals surface area contributed by atoms with Gasteiger partial charge in [0.1, 0.15) is 4.92 Å². The van der Waals surface area contributed by atoms with E-state index in [0.29, 0.717) is 5.01 Å². The minimum Gasteiger partial charge on any atom is -0.400 e. The third kappa shape index (κ3) is 3.89. The molecule has 0 radical (unpaired) electrons. The van der Waals surface area contributed by atoms with Crippen LogP contribution in [0.15, 0.2) is 21.7 Å². The first kappa shape index (κ1) is 14.3. The Morgan fingerprint density at radius 1 is 1.58 bits per heavy atom. The molecule has 0 aliphatic carbocycles. The molecular weight excluding hydrogens is 260 g/mol. The van der Waals surface area contributed by atoms with Gasteiger partial charge in [0, 0.05) is 0 Å². The van der Waals surface area contributed by atoms with Gasteiger partial charge >= 0.3 is 17.7 Å². The van der Waals surface area contributed by atoms with E-state index < -0.39 is 29.2 Å². The van der Waals surface area contributed by atoms with Crippen molar-refractivity contribution < 1.29 is 24.0 Å². The smallest absolute Gasteiger partial charge is 0.400 e. The minimum atomic E-state index is -1.24. The molecule has 10 nitrogen and oxygen atoms in total. The van der Waals surface area contributed by atoms with Crippen LogP contribution >= 0.6 is 0 Å².